The molecule has 1 fully saturated rings. The number of nitrogens with one attached hydrogen (secondary N) is 2. The third-order valence-electron chi connectivity index (χ3n) is 8.23. The summed E-state index contributed by atoms with van der Waals surface area (Å²) in [6.07, 6.45) is 6.87. The lowest BCUT2D eigenvalue weighted by atomic mass is 9.89. The number of fused-ring (bicyclic) bond motifs is 1. The number of anilines is 2. The van der Waals surface area contributed by atoms with Crippen LogP contribution in [0.3, 0.4) is 0 Å². The molecule has 4 N–H and O–H groups in total. The quantitative estimate of drug-likeness (QED) is 0.234. The molecular formula is C32H37FN6O3S. The summed E-state index contributed by atoms with van der Waals surface area (Å²) in [6.45, 7) is 9.14. The Kier molecular flexibility index (Phi) is 7.74. The molecule has 2 aromatic carbocycles. The van der Waals surface area contributed by atoms with Crippen molar-refractivity contribution in [2.75, 3.05) is 23.7 Å². The number of sulfonamides is 1. The highest BCUT2D eigenvalue weighted by atomic mass is 32.2. The van der Waals surface area contributed by atoms with E-state index in [1.54, 1.807) is 25.1 Å². The minimum atomic E-state index is -4.00. The number of allylic oxidation sites excluding steroid dienone is 1. The van der Waals surface area contributed by atoms with Crippen molar-refractivity contribution in [2.45, 2.75) is 70.0 Å². The van der Waals surface area contributed by atoms with E-state index in [1.807, 2.05) is 37.7 Å². The lowest BCUT2D eigenvalue weighted by molar-refractivity contribution is -0.0103. The van der Waals surface area contributed by atoms with E-state index in [1.165, 1.54) is 17.7 Å². The minimum Gasteiger partial charge on any atom is -0.383 e. The summed E-state index contributed by atoms with van der Waals surface area (Å²) >= 11 is 0. The van der Waals surface area contributed by atoms with Crippen molar-refractivity contribution >= 4 is 38.0 Å². The predicted molar refractivity (Wildman–Crippen MR) is 168 cm³/mol. The van der Waals surface area contributed by atoms with Crippen LogP contribution < -0.4 is 15.8 Å². The fourth-order valence-corrected chi connectivity index (χ4v) is 7.24. The van der Waals surface area contributed by atoms with E-state index in [-0.39, 0.29) is 16.6 Å². The van der Waals surface area contributed by atoms with Crippen LogP contribution in [0.4, 0.5) is 15.9 Å². The number of nitrogens with two attached hydrogens (primary N) is 1. The Morgan fingerprint density at radius 1 is 1.12 bits per heavy atom. The van der Waals surface area contributed by atoms with E-state index in [2.05, 4.69) is 21.1 Å². The van der Waals surface area contributed by atoms with Crippen molar-refractivity contribution in [3.63, 3.8) is 0 Å². The molecule has 0 radical (unpaired) electrons. The van der Waals surface area contributed by atoms with E-state index < -0.39 is 15.8 Å². The number of hydrogen-bond acceptors (Lipinski definition) is 7. The van der Waals surface area contributed by atoms with Crippen LogP contribution in [0.5, 0.6) is 0 Å². The second-order valence-electron chi connectivity index (χ2n) is 11.8. The molecule has 0 bridgehead atoms. The molecule has 1 saturated heterocycles. The molecule has 0 saturated carbocycles. The fraction of sp³-hybridized carbons (Fsp3) is 0.375. The maximum atomic E-state index is 15.5. The van der Waals surface area contributed by atoms with Crippen LogP contribution in [0.2, 0.25) is 0 Å². The van der Waals surface area contributed by atoms with Gasteiger partial charge < -0.3 is 15.8 Å². The highest BCUT2D eigenvalue weighted by molar-refractivity contribution is 7.92. The monoisotopic (exact) mass is 604 g/mol. The SMILES string of the molecule is Cc1ccc(C)c(S(=O)(=O)Nc2ccc(-c3nn(C(C)C)c4c(C5=CCC(NC6COC6)CC5)cnc(N)c34)cc2F)c1. The smallest absolute Gasteiger partial charge is 0.262 e. The molecule has 0 amide bonds. The molecule has 1 atom stereocenters. The van der Waals surface area contributed by atoms with Gasteiger partial charge in [0.1, 0.15) is 17.3 Å². The van der Waals surface area contributed by atoms with Gasteiger partial charge in [0.2, 0.25) is 0 Å². The molecule has 1 aliphatic carbocycles. The molecule has 4 aromatic rings. The number of rotatable bonds is 8. The Labute approximate surface area is 251 Å². The molecule has 226 valence electrons. The molecule has 2 aliphatic rings. The molecule has 43 heavy (non-hydrogen) atoms. The van der Waals surface area contributed by atoms with Crippen molar-refractivity contribution in [1.29, 1.82) is 0 Å². The van der Waals surface area contributed by atoms with E-state index in [4.69, 9.17) is 15.6 Å². The van der Waals surface area contributed by atoms with Gasteiger partial charge in [-0.15, -0.1) is 0 Å². The summed E-state index contributed by atoms with van der Waals surface area (Å²) in [4.78, 5) is 4.65. The molecule has 0 spiro atoms. The van der Waals surface area contributed by atoms with E-state index in [0.717, 1.165) is 49.1 Å². The van der Waals surface area contributed by atoms with E-state index in [0.29, 0.717) is 40.1 Å². The molecule has 9 nitrogen and oxygen atoms in total. The standard InChI is InChI=1S/C32H37FN6O3S/c1-18(2)39-31-25(21-7-10-23(11-8-21)36-24-16-42-17-24)15-35-32(34)29(31)30(37-39)22-9-12-27(26(33)14-22)38-43(40,41)28-13-19(3)5-6-20(28)4/h5-7,9,12-15,18,23-24,36,38H,8,10-11,16-17H2,1-4H3,(H2,34,35). The number of nitrogen functional groups attached to an aromatic ring is 1. The Morgan fingerprint density at radius 2 is 1.91 bits per heavy atom. The molecular weight excluding hydrogens is 567 g/mol. The zero-order valence-electron chi connectivity index (χ0n) is 24.8. The highest BCUT2D eigenvalue weighted by Gasteiger charge is 2.27. The number of pyridine rings is 1. The van der Waals surface area contributed by atoms with Gasteiger partial charge in [-0.1, -0.05) is 24.3 Å². The summed E-state index contributed by atoms with van der Waals surface area (Å²) in [5.41, 5.74) is 11.7. The Hall–Kier alpha value is -3.80. The maximum absolute atomic E-state index is 15.5. The number of aromatic nitrogens is 3. The Morgan fingerprint density at radius 3 is 2.56 bits per heavy atom. The number of ether oxygens (including phenoxy) is 1. The zero-order chi connectivity index (χ0) is 30.5. The van der Waals surface area contributed by atoms with Gasteiger partial charge in [0.25, 0.3) is 10.0 Å². The minimum absolute atomic E-state index is 0.00233. The van der Waals surface area contributed by atoms with Crippen LogP contribution in [-0.4, -0.2) is 48.5 Å². The van der Waals surface area contributed by atoms with E-state index in [9.17, 15) is 8.42 Å². The molecule has 11 heteroatoms. The fourth-order valence-electron chi connectivity index (χ4n) is 5.84. The number of halogens is 1. The highest BCUT2D eigenvalue weighted by Crippen LogP contribution is 2.40. The molecule has 1 aliphatic heterocycles. The second-order valence-corrected chi connectivity index (χ2v) is 13.5. The van der Waals surface area contributed by atoms with Crippen molar-refractivity contribution in [3.05, 3.63) is 71.2 Å². The van der Waals surface area contributed by atoms with Gasteiger partial charge in [-0.2, -0.15) is 5.10 Å². The number of nitrogens with zero attached hydrogens (tertiary/aromatic N) is 3. The van der Waals surface area contributed by atoms with Crippen molar-refractivity contribution in [2.24, 2.45) is 0 Å². The first-order chi connectivity index (χ1) is 20.5. The first-order valence-corrected chi connectivity index (χ1v) is 16.1. The topological polar surface area (TPSA) is 124 Å². The van der Waals surface area contributed by atoms with Crippen LogP contribution in [0.15, 0.2) is 53.6 Å². The Bertz CT molecular complexity index is 1850. The summed E-state index contributed by atoms with van der Waals surface area (Å²) in [5.74, 6) is -0.409. The van der Waals surface area contributed by atoms with Crippen LogP contribution in [0.1, 0.15) is 55.8 Å². The van der Waals surface area contributed by atoms with E-state index >= 15 is 4.39 Å². The van der Waals surface area contributed by atoms with Gasteiger partial charge in [0, 0.05) is 29.4 Å². The number of hydrogen-bond donors (Lipinski definition) is 3. The van der Waals surface area contributed by atoms with Crippen LogP contribution >= 0.6 is 0 Å². The first kappa shape index (κ1) is 29.3. The largest absolute Gasteiger partial charge is 0.383 e. The van der Waals surface area contributed by atoms with Crippen LogP contribution in [-0.2, 0) is 14.8 Å². The van der Waals surface area contributed by atoms with Gasteiger partial charge in [0.15, 0.2) is 0 Å². The van der Waals surface area contributed by atoms with Gasteiger partial charge in [0.05, 0.1) is 40.7 Å². The molecule has 3 heterocycles. The lowest BCUT2D eigenvalue weighted by Gasteiger charge is -2.33. The summed E-state index contributed by atoms with van der Waals surface area (Å²) in [7, 11) is -4.00. The number of aryl methyl sites for hydroxylation is 2. The Balaban J connectivity index is 1.36. The maximum Gasteiger partial charge on any atom is 0.262 e. The summed E-state index contributed by atoms with van der Waals surface area (Å²) < 4.78 is 51.4. The molecule has 2 aromatic heterocycles. The zero-order valence-corrected chi connectivity index (χ0v) is 25.6. The van der Waals surface area contributed by atoms with Crippen molar-refractivity contribution in [1.82, 2.24) is 20.1 Å². The number of benzene rings is 2. The molecule has 1 unspecified atom stereocenters. The summed E-state index contributed by atoms with van der Waals surface area (Å²) in [6, 6.07) is 10.4. The summed E-state index contributed by atoms with van der Waals surface area (Å²) in [5, 5.41) is 9.22. The average Bonchev–Trinajstić information content (AvgIpc) is 3.36. The van der Waals surface area contributed by atoms with Crippen molar-refractivity contribution < 1.29 is 17.5 Å². The third-order valence-corrected chi connectivity index (χ3v) is 9.74. The third kappa shape index (κ3) is 5.64. The second kappa shape index (κ2) is 11.4. The lowest BCUT2D eigenvalue weighted by Crippen LogP contribution is -2.50. The normalized spacial score (nSPS) is 17.7. The van der Waals surface area contributed by atoms with Gasteiger partial charge in [-0.3, -0.25) is 9.40 Å². The predicted octanol–water partition coefficient (Wildman–Crippen LogP) is 5.74. The first-order valence-electron chi connectivity index (χ1n) is 14.6. The van der Waals surface area contributed by atoms with Crippen LogP contribution in [0.25, 0.3) is 27.7 Å². The molecule has 6 rings (SSSR count). The van der Waals surface area contributed by atoms with Gasteiger partial charge in [-0.25, -0.2) is 17.8 Å². The van der Waals surface area contributed by atoms with Gasteiger partial charge in [-0.05, 0) is 81.9 Å². The average molecular weight is 605 g/mol. The van der Waals surface area contributed by atoms with Crippen molar-refractivity contribution in [3.8, 4) is 11.3 Å². The van der Waals surface area contributed by atoms with Crippen LogP contribution in [0, 0.1) is 19.7 Å². The van der Waals surface area contributed by atoms with Gasteiger partial charge >= 0.3 is 0 Å².